The maximum absolute atomic E-state index is 14.5. The van der Waals surface area contributed by atoms with Gasteiger partial charge >= 0.3 is 0 Å². The molecule has 4 rings (SSSR count). The maximum atomic E-state index is 14.5. The van der Waals surface area contributed by atoms with E-state index in [0.717, 1.165) is 36.2 Å². The Morgan fingerprint density at radius 1 is 1.00 bits per heavy atom. The van der Waals surface area contributed by atoms with Crippen molar-refractivity contribution in [2.75, 3.05) is 6.61 Å². The predicted molar refractivity (Wildman–Crippen MR) is 115 cm³/mol. The lowest BCUT2D eigenvalue weighted by molar-refractivity contribution is 0.237. The Morgan fingerprint density at radius 2 is 1.68 bits per heavy atom. The third-order valence-corrected chi connectivity index (χ3v) is 7.67. The second-order valence-electron chi connectivity index (χ2n) is 9.27. The standard InChI is InChI=1S/C25H34ClFO/c1-2-3-17-4-6-18(7-5-17)8-9-19-10-12-20(13-11-19)21-14-15-22(23-16-28-23)25(27)24(21)26/h12,14-15,17-19,23H,2-11,13,16H2,1H3. The van der Waals surface area contributed by atoms with Crippen LogP contribution >= 0.6 is 11.6 Å². The third kappa shape index (κ3) is 4.82. The number of hydrogen-bond acceptors (Lipinski definition) is 1. The topological polar surface area (TPSA) is 12.5 Å². The Hall–Kier alpha value is -0.860. The van der Waals surface area contributed by atoms with Gasteiger partial charge in [-0.1, -0.05) is 81.7 Å². The molecule has 0 amide bonds. The van der Waals surface area contributed by atoms with Gasteiger partial charge in [-0.2, -0.15) is 0 Å². The molecule has 1 nitrogen and oxygen atoms in total. The third-order valence-electron chi connectivity index (χ3n) is 7.30. The van der Waals surface area contributed by atoms with Crippen molar-refractivity contribution in [2.24, 2.45) is 17.8 Å². The molecule has 2 fully saturated rings. The van der Waals surface area contributed by atoms with Gasteiger partial charge in [-0.3, -0.25) is 0 Å². The summed E-state index contributed by atoms with van der Waals surface area (Å²) >= 11 is 6.37. The van der Waals surface area contributed by atoms with Crippen LogP contribution in [0, 0.1) is 23.6 Å². The van der Waals surface area contributed by atoms with Crippen molar-refractivity contribution in [3.8, 4) is 0 Å². The van der Waals surface area contributed by atoms with Gasteiger partial charge in [0.2, 0.25) is 0 Å². The lowest BCUT2D eigenvalue weighted by Crippen LogP contribution is -2.16. The van der Waals surface area contributed by atoms with Gasteiger partial charge in [0.15, 0.2) is 0 Å². The molecule has 0 radical (unpaired) electrons. The van der Waals surface area contributed by atoms with Crippen molar-refractivity contribution < 1.29 is 9.13 Å². The van der Waals surface area contributed by atoms with Crippen molar-refractivity contribution in [1.82, 2.24) is 0 Å². The minimum Gasteiger partial charge on any atom is -0.368 e. The van der Waals surface area contributed by atoms with Crippen LogP contribution in [0.15, 0.2) is 18.2 Å². The van der Waals surface area contributed by atoms with E-state index in [1.807, 2.05) is 12.1 Å². The average molecular weight is 405 g/mol. The van der Waals surface area contributed by atoms with Crippen molar-refractivity contribution in [2.45, 2.75) is 83.7 Å². The van der Waals surface area contributed by atoms with E-state index >= 15 is 0 Å². The highest BCUT2D eigenvalue weighted by molar-refractivity contribution is 6.32. The molecule has 1 aliphatic heterocycles. The van der Waals surface area contributed by atoms with Crippen LogP contribution in [0.4, 0.5) is 4.39 Å². The summed E-state index contributed by atoms with van der Waals surface area (Å²) in [7, 11) is 0. The van der Waals surface area contributed by atoms with E-state index in [-0.39, 0.29) is 16.9 Å². The van der Waals surface area contributed by atoms with Crippen molar-refractivity contribution in [3.63, 3.8) is 0 Å². The first-order valence-corrected chi connectivity index (χ1v) is 11.8. The van der Waals surface area contributed by atoms with Gasteiger partial charge in [-0.05, 0) is 54.6 Å². The van der Waals surface area contributed by atoms with Gasteiger partial charge in [0.1, 0.15) is 11.9 Å². The largest absolute Gasteiger partial charge is 0.368 e. The van der Waals surface area contributed by atoms with Crippen LogP contribution < -0.4 is 0 Å². The van der Waals surface area contributed by atoms with Crippen LogP contribution in [-0.4, -0.2) is 6.61 Å². The van der Waals surface area contributed by atoms with E-state index in [2.05, 4.69) is 13.0 Å². The molecular formula is C25H34ClFO. The van der Waals surface area contributed by atoms with Gasteiger partial charge < -0.3 is 4.74 Å². The Bertz CT molecular complexity index is 701. The number of rotatable bonds is 7. The highest BCUT2D eigenvalue weighted by Crippen LogP contribution is 2.41. The van der Waals surface area contributed by atoms with E-state index in [4.69, 9.17) is 16.3 Å². The molecule has 0 spiro atoms. The Balaban J connectivity index is 1.27. The van der Waals surface area contributed by atoms with Gasteiger partial charge in [-0.15, -0.1) is 0 Å². The van der Waals surface area contributed by atoms with Gasteiger partial charge in [0, 0.05) is 5.56 Å². The molecule has 3 heteroatoms. The summed E-state index contributed by atoms with van der Waals surface area (Å²) < 4.78 is 19.8. The quantitative estimate of drug-likeness (QED) is 0.418. The zero-order valence-corrected chi connectivity index (χ0v) is 17.9. The van der Waals surface area contributed by atoms with E-state index in [1.165, 1.54) is 63.4 Å². The molecule has 1 aromatic rings. The fourth-order valence-electron chi connectivity index (χ4n) is 5.37. The summed E-state index contributed by atoms with van der Waals surface area (Å²) in [4.78, 5) is 0. The first-order chi connectivity index (χ1) is 13.7. The van der Waals surface area contributed by atoms with Crippen LogP contribution in [0.2, 0.25) is 5.02 Å². The first-order valence-electron chi connectivity index (χ1n) is 11.4. The predicted octanol–water partition coefficient (Wildman–Crippen LogP) is 8.12. The fourth-order valence-corrected chi connectivity index (χ4v) is 5.67. The van der Waals surface area contributed by atoms with E-state index < -0.39 is 0 Å². The second kappa shape index (κ2) is 9.30. The zero-order valence-electron chi connectivity index (χ0n) is 17.2. The molecule has 2 aliphatic carbocycles. The highest BCUT2D eigenvalue weighted by atomic mass is 35.5. The molecule has 0 aromatic heterocycles. The second-order valence-corrected chi connectivity index (χ2v) is 9.65. The minimum absolute atomic E-state index is 0.0895. The molecule has 28 heavy (non-hydrogen) atoms. The molecule has 1 aromatic carbocycles. The molecule has 1 heterocycles. The summed E-state index contributed by atoms with van der Waals surface area (Å²) in [5, 5.41) is 0.279. The number of epoxide rings is 1. The van der Waals surface area contributed by atoms with Crippen LogP contribution in [0.5, 0.6) is 0 Å². The zero-order chi connectivity index (χ0) is 19.5. The smallest absolute Gasteiger partial charge is 0.148 e. The van der Waals surface area contributed by atoms with Gasteiger partial charge in [-0.25, -0.2) is 4.39 Å². The number of ether oxygens (including phenoxy) is 1. The Labute approximate surface area is 174 Å². The van der Waals surface area contributed by atoms with Gasteiger partial charge in [0.05, 0.1) is 11.6 Å². The summed E-state index contributed by atoms with van der Waals surface area (Å²) in [6.45, 7) is 2.92. The molecule has 0 bridgehead atoms. The number of halogens is 2. The van der Waals surface area contributed by atoms with Gasteiger partial charge in [0.25, 0.3) is 0 Å². The lowest BCUT2D eigenvalue weighted by atomic mass is 9.76. The molecule has 0 N–H and O–H groups in total. The van der Waals surface area contributed by atoms with E-state index in [0.29, 0.717) is 12.2 Å². The fraction of sp³-hybridized carbons (Fsp3) is 0.680. The maximum Gasteiger partial charge on any atom is 0.148 e. The molecule has 2 unspecified atom stereocenters. The van der Waals surface area contributed by atoms with E-state index in [9.17, 15) is 4.39 Å². The van der Waals surface area contributed by atoms with Crippen LogP contribution in [-0.2, 0) is 4.74 Å². The Morgan fingerprint density at radius 3 is 2.29 bits per heavy atom. The van der Waals surface area contributed by atoms with Crippen LogP contribution in [0.1, 0.15) is 94.8 Å². The molecule has 154 valence electrons. The normalized spacial score (nSPS) is 30.2. The molecule has 3 aliphatic rings. The average Bonchev–Trinajstić information content (AvgIpc) is 3.55. The number of benzene rings is 1. The first kappa shape index (κ1) is 20.4. The van der Waals surface area contributed by atoms with Crippen molar-refractivity contribution in [3.05, 3.63) is 40.2 Å². The molecular weight excluding hydrogens is 371 g/mol. The van der Waals surface area contributed by atoms with E-state index in [1.54, 1.807) is 0 Å². The highest BCUT2D eigenvalue weighted by Gasteiger charge is 2.30. The van der Waals surface area contributed by atoms with Crippen LogP contribution in [0.25, 0.3) is 5.57 Å². The van der Waals surface area contributed by atoms with Crippen molar-refractivity contribution in [1.29, 1.82) is 0 Å². The monoisotopic (exact) mass is 404 g/mol. The Kier molecular flexibility index (Phi) is 6.78. The SMILES string of the molecule is CCCC1CCC(CCC2CC=C(c3ccc(C4CO4)c(F)c3Cl)CC2)CC1. The summed E-state index contributed by atoms with van der Waals surface area (Å²) in [6.07, 6.45) is 16.9. The molecule has 1 saturated carbocycles. The molecule has 2 atom stereocenters. The summed E-state index contributed by atoms with van der Waals surface area (Å²) in [5.41, 5.74) is 2.72. The summed E-state index contributed by atoms with van der Waals surface area (Å²) in [5.74, 6) is 2.46. The molecule has 1 saturated heterocycles. The number of hydrogen-bond donors (Lipinski definition) is 0. The number of allylic oxidation sites excluding steroid dienone is 2. The summed E-state index contributed by atoms with van der Waals surface area (Å²) in [6, 6.07) is 3.85. The lowest BCUT2D eigenvalue weighted by Gasteiger charge is -2.30. The van der Waals surface area contributed by atoms with Crippen molar-refractivity contribution >= 4 is 17.2 Å². The van der Waals surface area contributed by atoms with Crippen LogP contribution in [0.3, 0.4) is 0 Å². The minimum atomic E-state index is -0.289.